The molecule has 5 N–H and O–H groups in total. The number of phenolic OH excluding ortho intramolecular Hbond substituents is 2. The van der Waals surface area contributed by atoms with Crippen molar-refractivity contribution in [3.8, 4) is 23.3 Å². The third-order valence-corrected chi connectivity index (χ3v) is 14.7. The number of likely N-dealkylation sites (tertiary alicyclic amines) is 1. The number of allylic oxidation sites excluding steroid dienone is 2. The van der Waals surface area contributed by atoms with Crippen LogP contribution in [0.5, 0.6) is 23.3 Å². The summed E-state index contributed by atoms with van der Waals surface area (Å²) in [5, 5.41) is 61.4. The molecule has 6 heterocycles. The number of benzene rings is 2. The van der Waals surface area contributed by atoms with Crippen molar-refractivity contribution in [1.29, 1.82) is 0 Å². The van der Waals surface area contributed by atoms with Crippen LogP contribution in [-0.4, -0.2) is 139 Å². The highest BCUT2D eigenvalue weighted by Gasteiger charge is 2.51. The van der Waals surface area contributed by atoms with Gasteiger partial charge in [-0.25, -0.2) is 4.99 Å². The van der Waals surface area contributed by atoms with Gasteiger partial charge in [-0.05, 0) is 24.8 Å². The van der Waals surface area contributed by atoms with E-state index in [1.807, 2.05) is 0 Å². The maximum atomic E-state index is 14.9. The molecule has 23 heteroatoms. The number of phenols is 2. The van der Waals surface area contributed by atoms with Crippen LogP contribution in [0.1, 0.15) is 77.2 Å². The number of aromatic nitrogens is 2. The number of ether oxygens (including phenoxy) is 6. The number of aromatic hydroxyl groups is 2. The first kappa shape index (κ1) is 52.4. The first-order chi connectivity index (χ1) is 34.5. The van der Waals surface area contributed by atoms with Gasteiger partial charge < -0.3 is 69.2 Å². The van der Waals surface area contributed by atoms with Gasteiger partial charge in [0.25, 0.3) is 11.7 Å². The number of hydrogen-bond acceptors (Lipinski definition) is 19. The normalized spacial score (nSPS) is 30.6. The number of aliphatic hydroxyl groups is 2. The average molecular weight is 1020 g/mol. The highest BCUT2D eigenvalue weighted by molar-refractivity contribution is 6.21. The number of ketones is 1. The molecule has 0 radical (unpaired) electrons. The Labute approximate surface area is 418 Å². The van der Waals surface area contributed by atoms with Gasteiger partial charge >= 0.3 is 23.6 Å². The number of nitrogens with zero attached hydrogens (tertiary/aromatic N) is 6. The van der Waals surface area contributed by atoms with Crippen LogP contribution in [0.25, 0.3) is 10.8 Å². The second kappa shape index (κ2) is 20.2. The van der Waals surface area contributed by atoms with Crippen molar-refractivity contribution in [2.75, 3.05) is 38.7 Å². The number of esters is 1. The number of hydrogen-bond donors (Lipinski definition) is 5. The van der Waals surface area contributed by atoms with Gasteiger partial charge in [-0.1, -0.05) is 45.9 Å². The maximum Gasteiger partial charge on any atom is 0.414 e. The predicted octanol–water partition coefficient (Wildman–Crippen LogP) is 3.20. The third kappa shape index (κ3) is 9.73. The van der Waals surface area contributed by atoms with Crippen LogP contribution in [-0.2, 0) is 39.9 Å². The SMILES string of the molecule is CO[C@H]1/C=C/O[C@@]2(C)Oc3c(C)c(O)c4c(O)c(c5c(c4c3C2=O)NC2(CCN(C(=O)CO[C@@H]3COc4nc([N+](=O)[O-])cn4C3)CC2)N=5)=NC(=O)/C(C)=C\C=C\[C@H](C)[C@H](O)[C@@H](C)[C@@H](O)[C@@H](C)[C@H](OC(C)=O)[C@@H]1C. The monoisotopic (exact) mass is 1020 g/mol. The Morgan fingerprint density at radius 1 is 1.00 bits per heavy atom. The molecule has 5 aliphatic heterocycles. The van der Waals surface area contributed by atoms with Crippen molar-refractivity contribution < 1.29 is 72.9 Å². The number of nitro groups is 1. The number of rotatable bonds is 6. The highest BCUT2D eigenvalue weighted by atomic mass is 16.7. The van der Waals surface area contributed by atoms with E-state index in [4.69, 9.17) is 33.4 Å². The van der Waals surface area contributed by atoms with Gasteiger partial charge in [0.2, 0.25) is 5.91 Å². The van der Waals surface area contributed by atoms with Crippen LogP contribution in [0.3, 0.4) is 0 Å². The van der Waals surface area contributed by atoms with E-state index >= 15 is 0 Å². The molecule has 10 atom stereocenters. The van der Waals surface area contributed by atoms with Gasteiger partial charge in [0.15, 0.2) is 5.75 Å². The fourth-order valence-electron chi connectivity index (χ4n) is 10.3. The largest absolute Gasteiger partial charge is 0.507 e. The lowest BCUT2D eigenvalue weighted by Crippen LogP contribution is -2.50. The Bertz CT molecular complexity index is 2980. The number of anilines is 1. The lowest BCUT2D eigenvalue weighted by molar-refractivity contribution is -0.389. The summed E-state index contributed by atoms with van der Waals surface area (Å²) < 4.78 is 36.8. The van der Waals surface area contributed by atoms with Crippen molar-refractivity contribution in [1.82, 2.24) is 14.5 Å². The molecular formula is C50H61N7O16. The minimum atomic E-state index is -2.05. The third-order valence-electron chi connectivity index (χ3n) is 14.7. The quantitative estimate of drug-likeness (QED) is 0.102. The van der Waals surface area contributed by atoms with E-state index in [0.29, 0.717) is 0 Å². The topological polar surface area (TPSA) is 306 Å². The molecule has 2 amide bonds. The van der Waals surface area contributed by atoms with Crippen LogP contribution in [0.4, 0.5) is 11.5 Å². The van der Waals surface area contributed by atoms with Crippen molar-refractivity contribution in [2.24, 2.45) is 33.7 Å². The Hall–Kier alpha value is -6.95. The number of Topliss-reactive ketones (excluding diaryl/α,β-unsaturated/α-hetero) is 1. The number of fused-ring (bicyclic) bond motifs is 2. The number of piperidine rings is 1. The highest BCUT2D eigenvalue weighted by Crippen LogP contribution is 2.51. The Balaban J connectivity index is 1.16. The molecule has 0 saturated carbocycles. The van der Waals surface area contributed by atoms with Crippen molar-refractivity contribution >= 4 is 45.8 Å². The van der Waals surface area contributed by atoms with Gasteiger partial charge in [-0.3, -0.25) is 28.7 Å². The van der Waals surface area contributed by atoms with E-state index in [-0.39, 0.29) is 113 Å². The summed E-state index contributed by atoms with van der Waals surface area (Å²) in [7, 11) is 1.43. The number of amides is 2. The first-order valence-electron chi connectivity index (χ1n) is 24.1. The molecule has 1 aromatic heterocycles. The molecule has 73 heavy (non-hydrogen) atoms. The number of imidazole rings is 1. The molecule has 1 saturated heterocycles. The van der Waals surface area contributed by atoms with Crippen LogP contribution in [0.15, 0.2) is 52.3 Å². The molecule has 4 bridgehead atoms. The van der Waals surface area contributed by atoms with Crippen molar-refractivity contribution in [3.05, 3.63) is 74.3 Å². The molecule has 392 valence electrons. The predicted molar refractivity (Wildman–Crippen MR) is 257 cm³/mol. The molecule has 1 fully saturated rings. The Kier molecular flexibility index (Phi) is 14.5. The summed E-state index contributed by atoms with van der Waals surface area (Å²) >= 11 is 0. The van der Waals surface area contributed by atoms with Crippen LogP contribution in [0, 0.1) is 40.7 Å². The van der Waals surface area contributed by atoms with Crippen molar-refractivity contribution in [2.45, 2.75) is 117 Å². The maximum absolute atomic E-state index is 14.9. The summed E-state index contributed by atoms with van der Waals surface area (Å²) in [6.07, 6.45) is 4.48. The van der Waals surface area contributed by atoms with E-state index < -0.39 is 99.7 Å². The minimum Gasteiger partial charge on any atom is -0.507 e. The number of methoxy groups -OCH3 is 1. The minimum absolute atomic E-state index is 0.0149. The zero-order valence-electron chi connectivity index (χ0n) is 42.0. The average Bonchev–Trinajstić information content (AvgIpc) is 4.04. The first-order valence-corrected chi connectivity index (χ1v) is 24.1. The van der Waals surface area contributed by atoms with Crippen molar-refractivity contribution in [3.63, 3.8) is 0 Å². The van der Waals surface area contributed by atoms with Crippen LogP contribution in [0.2, 0.25) is 0 Å². The molecule has 23 nitrogen and oxygen atoms in total. The van der Waals surface area contributed by atoms with E-state index in [1.165, 1.54) is 64.0 Å². The molecule has 0 aliphatic carbocycles. The summed E-state index contributed by atoms with van der Waals surface area (Å²) in [5.41, 5.74) is -0.871. The lowest BCUT2D eigenvalue weighted by Gasteiger charge is -2.38. The lowest BCUT2D eigenvalue weighted by atomic mass is 9.78. The number of carbonyl (C=O) groups excluding carboxylic acids is 4. The summed E-state index contributed by atoms with van der Waals surface area (Å²) in [4.78, 5) is 80.3. The second-order valence-corrected chi connectivity index (χ2v) is 19.7. The summed E-state index contributed by atoms with van der Waals surface area (Å²) in [6.45, 7) is 12.8. The van der Waals surface area contributed by atoms with E-state index in [1.54, 1.807) is 44.7 Å². The molecule has 3 aromatic rings. The molecule has 5 aliphatic rings. The van der Waals surface area contributed by atoms with Gasteiger partial charge in [0.05, 0.1) is 47.8 Å². The molecule has 8 rings (SSSR count). The van der Waals surface area contributed by atoms with Gasteiger partial charge in [-0.2, -0.15) is 0 Å². The van der Waals surface area contributed by atoms with E-state index in [9.17, 15) is 49.7 Å². The standard InChI is InChI=1S/C50H61N7O16/c1-23-11-10-12-24(2)47(65)52-39-38-37(53-50(54-38)14-16-55(17-15-50)33(59)22-69-30-19-56-20-32(57(66)67)51-48(56)70-21-30)34-35(43(39)63)42(62)28(6)45-36(34)46(64)49(8,73-45)71-18-13-31(68-9)25(3)44(72-29(7)58)27(5)41(61)26(4)40(23)60/h10-13,18,20,23,25-27,30-31,40-41,44,53,60-63H,14-17,19,21-22H2,1-9H3/b11-10+,18-13+,24-12-,52-39?/t23-,25+,26+,27+,30-,31-,40-,41+,44+,49-/m0/s1. The molecule has 1 spiro atoms. The number of aliphatic hydroxyl groups excluding tert-OH is 2. The Morgan fingerprint density at radius 3 is 2.38 bits per heavy atom. The van der Waals surface area contributed by atoms with E-state index in [2.05, 4.69) is 15.3 Å². The smallest absolute Gasteiger partial charge is 0.414 e. The Morgan fingerprint density at radius 2 is 1.71 bits per heavy atom. The fourth-order valence-corrected chi connectivity index (χ4v) is 10.3. The van der Waals surface area contributed by atoms with E-state index in [0.717, 1.165) is 0 Å². The van der Waals surface area contributed by atoms with Gasteiger partial charge in [0.1, 0.15) is 59.5 Å². The second-order valence-electron chi connectivity index (χ2n) is 19.7. The number of carbonyl (C=O) groups is 4. The van der Waals surface area contributed by atoms with Gasteiger partial charge in [0, 0.05) is 92.1 Å². The number of nitrogens with one attached hydrogen (secondary N) is 1. The van der Waals surface area contributed by atoms with Crippen LogP contribution < -0.4 is 25.5 Å². The summed E-state index contributed by atoms with van der Waals surface area (Å²) in [6, 6.07) is 0.0824. The van der Waals surface area contributed by atoms with Gasteiger partial charge in [-0.15, -0.1) is 0 Å². The fraction of sp³-hybridized carbons (Fsp3) is 0.540. The zero-order chi connectivity index (χ0) is 53.0. The summed E-state index contributed by atoms with van der Waals surface area (Å²) in [5.74, 6) is -8.60. The zero-order valence-corrected chi connectivity index (χ0v) is 42.0. The molecular weight excluding hydrogens is 955 g/mol. The molecule has 0 unspecified atom stereocenters. The van der Waals surface area contributed by atoms with Crippen LogP contribution >= 0.6 is 0 Å². The molecule has 2 aromatic carbocycles.